The second kappa shape index (κ2) is 9.03. The number of aryl methyl sites for hydroxylation is 2. The number of hydrogen-bond donors (Lipinski definition) is 2. The van der Waals surface area contributed by atoms with Gasteiger partial charge in [0.05, 0.1) is 17.6 Å². The molecule has 0 aliphatic rings. The fourth-order valence-electron chi connectivity index (χ4n) is 2.68. The average Bonchev–Trinajstić information content (AvgIpc) is 2.91. The van der Waals surface area contributed by atoms with Gasteiger partial charge in [-0.25, -0.2) is 4.98 Å². The summed E-state index contributed by atoms with van der Waals surface area (Å²) in [5.41, 5.74) is 2.31. The van der Waals surface area contributed by atoms with E-state index in [2.05, 4.69) is 85.1 Å². The Hall–Kier alpha value is -2.08. The first kappa shape index (κ1) is 20.2. The number of para-hydroxylation sites is 2. The minimum absolute atomic E-state index is 0.0369. The van der Waals surface area contributed by atoms with E-state index in [0.29, 0.717) is 0 Å². The van der Waals surface area contributed by atoms with Crippen molar-refractivity contribution in [2.75, 3.05) is 33.7 Å². The molecule has 0 unspecified atom stereocenters. The predicted molar refractivity (Wildman–Crippen MR) is 111 cm³/mol. The normalized spacial score (nSPS) is 12.8. The van der Waals surface area contributed by atoms with Crippen LogP contribution in [0.4, 0.5) is 0 Å². The maximum Gasteiger partial charge on any atom is 0.191 e. The van der Waals surface area contributed by atoms with Crippen LogP contribution in [0, 0.1) is 6.92 Å². The van der Waals surface area contributed by atoms with Crippen molar-refractivity contribution >= 4 is 17.0 Å². The van der Waals surface area contributed by atoms with Crippen molar-refractivity contribution in [2.45, 2.75) is 46.2 Å². The van der Waals surface area contributed by atoms with Gasteiger partial charge in [-0.3, -0.25) is 4.99 Å². The van der Waals surface area contributed by atoms with Crippen LogP contribution in [0.15, 0.2) is 29.3 Å². The molecule has 0 radical (unpaired) electrons. The Kier molecular flexibility index (Phi) is 7.03. The smallest absolute Gasteiger partial charge is 0.191 e. The number of benzene rings is 1. The van der Waals surface area contributed by atoms with Gasteiger partial charge < -0.3 is 20.1 Å². The molecule has 0 saturated carbocycles. The highest BCUT2D eigenvalue weighted by Gasteiger charge is 2.19. The van der Waals surface area contributed by atoms with E-state index < -0.39 is 0 Å². The summed E-state index contributed by atoms with van der Waals surface area (Å²) < 4.78 is 2.29. The van der Waals surface area contributed by atoms with Crippen LogP contribution >= 0.6 is 0 Å². The highest BCUT2D eigenvalue weighted by Crippen LogP contribution is 2.15. The number of guanidine groups is 1. The zero-order chi connectivity index (χ0) is 19.2. The molecular weight excluding hydrogens is 324 g/mol. The second-order valence-electron chi connectivity index (χ2n) is 7.48. The lowest BCUT2D eigenvalue weighted by Crippen LogP contribution is -2.44. The zero-order valence-corrected chi connectivity index (χ0v) is 17.1. The van der Waals surface area contributed by atoms with Crippen LogP contribution in [0.5, 0.6) is 0 Å². The van der Waals surface area contributed by atoms with Crippen LogP contribution in [-0.4, -0.2) is 59.7 Å². The molecule has 1 heterocycles. The van der Waals surface area contributed by atoms with Crippen LogP contribution < -0.4 is 10.6 Å². The Morgan fingerprint density at radius 3 is 2.65 bits per heavy atom. The molecule has 0 aliphatic carbocycles. The van der Waals surface area contributed by atoms with Gasteiger partial charge in [-0.05, 0) is 60.3 Å². The number of aliphatic imine (C=N–C) groups is 1. The Bertz CT molecular complexity index is 729. The van der Waals surface area contributed by atoms with E-state index in [1.165, 1.54) is 5.52 Å². The summed E-state index contributed by atoms with van der Waals surface area (Å²) in [6.07, 6.45) is 1.02. The van der Waals surface area contributed by atoms with Crippen molar-refractivity contribution in [3.8, 4) is 0 Å². The standard InChI is InChI=1S/C20H34N6/c1-7-21-19(23-15-20(3,4)25(5)6)22-13-10-14-26-16(2)24-17-11-8-9-12-18(17)26/h8-9,11-12H,7,10,13-15H2,1-6H3,(H2,21,22,23). The molecule has 0 spiro atoms. The first-order chi connectivity index (χ1) is 12.3. The first-order valence-electron chi connectivity index (χ1n) is 9.46. The number of fused-ring (bicyclic) bond motifs is 1. The number of imidazole rings is 1. The van der Waals surface area contributed by atoms with Gasteiger partial charge in [0.25, 0.3) is 0 Å². The van der Waals surface area contributed by atoms with Crippen molar-refractivity contribution in [1.82, 2.24) is 25.1 Å². The molecule has 6 nitrogen and oxygen atoms in total. The molecular formula is C20H34N6. The highest BCUT2D eigenvalue weighted by molar-refractivity contribution is 5.79. The number of nitrogens with one attached hydrogen (secondary N) is 2. The molecule has 2 N–H and O–H groups in total. The molecule has 2 rings (SSSR count). The topological polar surface area (TPSA) is 57.5 Å². The number of hydrogen-bond acceptors (Lipinski definition) is 3. The number of likely N-dealkylation sites (N-methyl/N-ethyl adjacent to an activating group) is 1. The van der Waals surface area contributed by atoms with E-state index in [-0.39, 0.29) is 5.54 Å². The summed E-state index contributed by atoms with van der Waals surface area (Å²) in [5, 5.41) is 6.78. The quantitative estimate of drug-likeness (QED) is 0.433. The summed E-state index contributed by atoms with van der Waals surface area (Å²) in [4.78, 5) is 11.6. The van der Waals surface area contributed by atoms with Gasteiger partial charge in [-0.15, -0.1) is 0 Å². The van der Waals surface area contributed by atoms with E-state index in [0.717, 1.165) is 49.9 Å². The van der Waals surface area contributed by atoms with Crippen molar-refractivity contribution in [1.29, 1.82) is 0 Å². The van der Waals surface area contributed by atoms with Gasteiger partial charge in [0, 0.05) is 25.2 Å². The lowest BCUT2D eigenvalue weighted by atomic mass is 10.1. The maximum atomic E-state index is 4.74. The fourth-order valence-corrected chi connectivity index (χ4v) is 2.68. The zero-order valence-electron chi connectivity index (χ0n) is 17.1. The van der Waals surface area contributed by atoms with Crippen LogP contribution in [-0.2, 0) is 6.54 Å². The number of aromatic nitrogens is 2. The van der Waals surface area contributed by atoms with Crippen LogP contribution in [0.2, 0.25) is 0 Å². The van der Waals surface area contributed by atoms with Crippen LogP contribution in [0.3, 0.4) is 0 Å². The second-order valence-corrected chi connectivity index (χ2v) is 7.48. The third-order valence-electron chi connectivity index (χ3n) is 4.88. The van der Waals surface area contributed by atoms with E-state index in [1.54, 1.807) is 0 Å². The van der Waals surface area contributed by atoms with Gasteiger partial charge in [-0.1, -0.05) is 12.1 Å². The molecule has 144 valence electrons. The van der Waals surface area contributed by atoms with Gasteiger partial charge >= 0.3 is 0 Å². The highest BCUT2D eigenvalue weighted by atomic mass is 15.2. The Labute approximate surface area is 157 Å². The molecule has 0 bridgehead atoms. The molecule has 6 heteroatoms. The van der Waals surface area contributed by atoms with Gasteiger partial charge in [-0.2, -0.15) is 0 Å². The third kappa shape index (κ3) is 5.21. The largest absolute Gasteiger partial charge is 0.357 e. The van der Waals surface area contributed by atoms with E-state index in [4.69, 9.17) is 4.99 Å². The van der Waals surface area contributed by atoms with Crippen molar-refractivity contribution in [3.05, 3.63) is 30.1 Å². The number of nitrogens with zero attached hydrogens (tertiary/aromatic N) is 4. The van der Waals surface area contributed by atoms with Gasteiger partial charge in [0.1, 0.15) is 5.82 Å². The first-order valence-corrected chi connectivity index (χ1v) is 9.46. The Morgan fingerprint density at radius 1 is 1.23 bits per heavy atom. The SMILES string of the molecule is CCNC(=NCC(C)(C)N(C)C)NCCCn1c(C)nc2ccccc21. The molecule has 0 saturated heterocycles. The van der Waals surface area contributed by atoms with E-state index in [1.807, 2.05) is 6.07 Å². The summed E-state index contributed by atoms with van der Waals surface area (Å²) >= 11 is 0. The van der Waals surface area contributed by atoms with Gasteiger partial charge in [0.15, 0.2) is 5.96 Å². The molecule has 26 heavy (non-hydrogen) atoms. The molecule has 0 aliphatic heterocycles. The van der Waals surface area contributed by atoms with E-state index in [9.17, 15) is 0 Å². The predicted octanol–water partition coefficient (Wildman–Crippen LogP) is 2.63. The minimum atomic E-state index is 0.0369. The molecule has 0 atom stereocenters. The van der Waals surface area contributed by atoms with Crippen LogP contribution in [0.1, 0.15) is 33.0 Å². The Morgan fingerprint density at radius 2 is 1.96 bits per heavy atom. The lowest BCUT2D eigenvalue weighted by Gasteiger charge is -2.31. The third-order valence-corrected chi connectivity index (χ3v) is 4.88. The summed E-state index contributed by atoms with van der Waals surface area (Å²) in [5.74, 6) is 1.95. The van der Waals surface area contributed by atoms with Crippen molar-refractivity contribution in [3.63, 3.8) is 0 Å². The summed E-state index contributed by atoms with van der Waals surface area (Å²) in [6.45, 7) is 12.0. The summed E-state index contributed by atoms with van der Waals surface area (Å²) in [7, 11) is 4.18. The molecule has 0 amide bonds. The number of rotatable bonds is 8. The maximum absolute atomic E-state index is 4.74. The molecule has 2 aromatic rings. The van der Waals surface area contributed by atoms with Crippen LogP contribution in [0.25, 0.3) is 11.0 Å². The Balaban J connectivity index is 1.90. The molecule has 1 aromatic heterocycles. The average molecular weight is 359 g/mol. The van der Waals surface area contributed by atoms with Gasteiger partial charge in [0.2, 0.25) is 0 Å². The minimum Gasteiger partial charge on any atom is -0.357 e. The fraction of sp³-hybridized carbons (Fsp3) is 0.600. The molecule has 0 fully saturated rings. The van der Waals surface area contributed by atoms with Crippen molar-refractivity contribution < 1.29 is 0 Å². The monoisotopic (exact) mass is 358 g/mol. The lowest BCUT2D eigenvalue weighted by molar-refractivity contribution is 0.204. The van der Waals surface area contributed by atoms with Crippen molar-refractivity contribution in [2.24, 2.45) is 4.99 Å². The van der Waals surface area contributed by atoms with E-state index >= 15 is 0 Å². The summed E-state index contributed by atoms with van der Waals surface area (Å²) in [6, 6.07) is 8.31. The molecule has 1 aromatic carbocycles.